The van der Waals surface area contributed by atoms with E-state index >= 15 is 0 Å². The number of nitrogen functional groups attached to an aromatic ring is 1. The molecule has 0 amide bonds. The summed E-state index contributed by atoms with van der Waals surface area (Å²) in [7, 11) is 0. The maximum Gasteiger partial charge on any atom is 0.419 e. The van der Waals surface area contributed by atoms with Crippen LogP contribution in [0, 0.1) is 0 Å². The maximum absolute atomic E-state index is 13.2. The first-order chi connectivity index (χ1) is 13.9. The highest BCUT2D eigenvalue weighted by molar-refractivity contribution is 7.20. The van der Waals surface area contributed by atoms with Crippen LogP contribution in [0.3, 0.4) is 0 Å². The molecule has 29 heavy (non-hydrogen) atoms. The van der Waals surface area contributed by atoms with E-state index in [1.165, 1.54) is 23.7 Å². The predicted molar refractivity (Wildman–Crippen MR) is 104 cm³/mol. The summed E-state index contributed by atoms with van der Waals surface area (Å²) in [6.07, 6.45) is -1.74. The van der Waals surface area contributed by atoms with E-state index in [2.05, 4.69) is 30.2 Å². The molecule has 2 aliphatic heterocycles. The largest absolute Gasteiger partial charge is 0.419 e. The van der Waals surface area contributed by atoms with E-state index in [0.29, 0.717) is 16.7 Å². The molecule has 2 saturated heterocycles. The van der Waals surface area contributed by atoms with Crippen LogP contribution in [0.2, 0.25) is 0 Å². The number of nitrogens with one attached hydrogen (secondary N) is 1. The van der Waals surface area contributed by atoms with Crippen LogP contribution in [-0.4, -0.2) is 69.8 Å². The van der Waals surface area contributed by atoms with Crippen molar-refractivity contribution in [2.45, 2.75) is 12.2 Å². The normalized spacial score (nSPS) is 20.9. The molecule has 2 aliphatic rings. The number of imidazole rings is 1. The molecule has 0 spiro atoms. The molecule has 0 aromatic carbocycles. The summed E-state index contributed by atoms with van der Waals surface area (Å²) in [6, 6.07) is 1.43. The topological polar surface area (TPSA) is 87.6 Å². The van der Waals surface area contributed by atoms with Gasteiger partial charge in [-0.15, -0.1) is 5.10 Å². The predicted octanol–water partition coefficient (Wildman–Crippen LogP) is 1.55. The second-order valence-corrected chi connectivity index (χ2v) is 8.15. The van der Waals surface area contributed by atoms with Gasteiger partial charge in [-0.3, -0.25) is 4.90 Å². The fourth-order valence-corrected chi connectivity index (χ4v) is 4.81. The molecule has 12 heteroatoms. The summed E-state index contributed by atoms with van der Waals surface area (Å²) >= 11 is 1.43. The van der Waals surface area contributed by atoms with Crippen LogP contribution in [0.4, 0.5) is 24.1 Å². The maximum atomic E-state index is 13.2. The van der Waals surface area contributed by atoms with Crippen LogP contribution >= 0.6 is 11.3 Å². The summed E-state index contributed by atoms with van der Waals surface area (Å²) in [5, 5.41) is 8.88. The number of hydrogen-bond acceptors (Lipinski definition) is 8. The van der Waals surface area contributed by atoms with Gasteiger partial charge in [0.2, 0.25) is 10.1 Å². The van der Waals surface area contributed by atoms with Gasteiger partial charge in [0.05, 0.1) is 17.5 Å². The van der Waals surface area contributed by atoms with Gasteiger partial charge >= 0.3 is 6.18 Å². The Balaban J connectivity index is 1.46. The molecule has 1 atom stereocenters. The molecule has 0 radical (unpaired) electrons. The number of aromatic nitrogens is 4. The van der Waals surface area contributed by atoms with Crippen molar-refractivity contribution in [3.63, 3.8) is 0 Å². The number of pyridine rings is 1. The van der Waals surface area contributed by atoms with E-state index in [0.717, 1.165) is 50.5 Å². The monoisotopic (exact) mass is 424 g/mol. The van der Waals surface area contributed by atoms with E-state index in [4.69, 9.17) is 5.73 Å². The quantitative estimate of drug-likeness (QED) is 0.645. The third-order valence-corrected chi connectivity index (χ3v) is 6.41. The zero-order chi connectivity index (χ0) is 20.2. The minimum absolute atomic E-state index is 0.275. The average molecular weight is 424 g/mol. The van der Waals surface area contributed by atoms with E-state index in [1.807, 2.05) is 0 Å². The lowest BCUT2D eigenvalue weighted by Gasteiger charge is -2.44. The lowest BCUT2D eigenvalue weighted by molar-refractivity contribution is -0.137. The average Bonchev–Trinajstić information content (AvgIpc) is 3.28. The Labute approximate surface area is 168 Å². The van der Waals surface area contributed by atoms with Crippen LogP contribution < -0.4 is 16.0 Å². The van der Waals surface area contributed by atoms with Crippen molar-refractivity contribution in [2.24, 2.45) is 0 Å². The van der Waals surface area contributed by atoms with Crippen molar-refractivity contribution >= 4 is 27.2 Å². The van der Waals surface area contributed by atoms with Crippen LogP contribution in [0.15, 0.2) is 18.5 Å². The number of nitrogens with zero attached hydrogens (tertiary/aromatic N) is 6. The van der Waals surface area contributed by atoms with Gasteiger partial charge in [0.25, 0.3) is 0 Å². The van der Waals surface area contributed by atoms with E-state index in [1.54, 1.807) is 4.52 Å². The molecule has 8 nitrogen and oxygen atoms in total. The number of rotatable bonds is 2. The van der Waals surface area contributed by atoms with Crippen molar-refractivity contribution in [2.75, 3.05) is 49.9 Å². The molecular weight excluding hydrogens is 405 g/mol. The van der Waals surface area contributed by atoms with Crippen molar-refractivity contribution in [3.8, 4) is 11.3 Å². The molecule has 154 valence electrons. The van der Waals surface area contributed by atoms with Gasteiger partial charge in [0, 0.05) is 57.1 Å². The third kappa shape index (κ3) is 3.30. The fraction of sp³-hybridized carbons (Fsp3) is 0.471. The van der Waals surface area contributed by atoms with Crippen molar-refractivity contribution < 1.29 is 13.2 Å². The van der Waals surface area contributed by atoms with E-state index in [9.17, 15) is 13.2 Å². The molecule has 3 aromatic rings. The Morgan fingerprint density at radius 1 is 1.17 bits per heavy atom. The van der Waals surface area contributed by atoms with Gasteiger partial charge in [-0.1, -0.05) is 11.3 Å². The van der Waals surface area contributed by atoms with Gasteiger partial charge in [-0.2, -0.15) is 13.2 Å². The highest BCUT2D eigenvalue weighted by atomic mass is 32.1. The zero-order valence-corrected chi connectivity index (χ0v) is 16.2. The number of anilines is 2. The number of hydrogen-bond donors (Lipinski definition) is 2. The summed E-state index contributed by atoms with van der Waals surface area (Å²) in [4.78, 5) is 13.4. The first kappa shape index (κ1) is 18.6. The molecule has 5 rings (SSSR count). The zero-order valence-electron chi connectivity index (χ0n) is 15.4. The summed E-state index contributed by atoms with van der Waals surface area (Å²) < 4.78 is 41.2. The molecular formula is C17H19F3N8S. The van der Waals surface area contributed by atoms with Gasteiger partial charge < -0.3 is 16.0 Å². The molecule has 3 N–H and O–H groups in total. The second-order valence-electron chi connectivity index (χ2n) is 7.22. The SMILES string of the molecule is Nc1ncc(-c2cnc3sc(N4CCN5CCNCC5C4)nn23)cc1C(F)(F)F. The first-order valence-electron chi connectivity index (χ1n) is 9.27. The Morgan fingerprint density at radius 2 is 2.03 bits per heavy atom. The molecule has 0 bridgehead atoms. The summed E-state index contributed by atoms with van der Waals surface area (Å²) in [6.45, 7) is 5.71. The van der Waals surface area contributed by atoms with Crippen LogP contribution in [0.5, 0.6) is 0 Å². The fourth-order valence-electron chi connectivity index (χ4n) is 3.90. The third-order valence-electron chi connectivity index (χ3n) is 5.43. The van der Waals surface area contributed by atoms with Gasteiger partial charge in [0.15, 0.2) is 0 Å². The molecule has 5 heterocycles. The minimum Gasteiger partial charge on any atom is -0.383 e. The van der Waals surface area contributed by atoms with Gasteiger partial charge in [0.1, 0.15) is 5.82 Å². The lowest BCUT2D eigenvalue weighted by Crippen LogP contribution is -2.61. The van der Waals surface area contributed by atoms with Crippen LogP contribution in [0.1, 0.15) is 5.56 Å². The highest BCUT2D eigenvalue weighted by Gasteiger charge is 2.34. The minimum atomic E-state index is -4.57. The van der Waals surface area contributed by atoms with Crippen molar-refractivity contribution in [1.82, 2.24) is 29.8 Å². The molecule has 0 saturated carbocycles. The lowest BCUT2D eigenvalue weighted by atomic mass is 10.1. The molecule has 2 fully saturated rings. The molecule has 0 aliphatic carbocycles. The second kappa shape index (κ2) is 6.82. The standard InChI is InChI=1S/C17H19F3N8S/c18-17(19,20)12-5-10(6-23-14(12)21)13-8-24-15-28(13)25-16(29-15)27-4-3-26-2-1-22-7-11(26)9-27/h5-6,8,11,22H,1-4,7,9H2,(H2,21,23). The number of fused-ring (bicyclic) bond motifs is 2. The summed E-state index contributed by atoms with van der Waals surface area (Å²) in [5.41, 5.74) is 5.19. The first-order valence-corrected chi connectivity index (χ1v) is 10.1. The molecule has 3 aromatic heterocycles. The number of halogens is 3. The summed E-state index contributed by atoms with van der Waals surface area (Å²) in [5.74, 6) is -0.542. The number of piperazine rings is 2. The van der Waals surface area contributed by atoms with E-state index < -0.39 is 17.6 Å². The van der Waals surface area contributed by atoms with Crippen LogP contribution in [-0.2, 0) is 6.18 Å². The van der Waals surface area contributed by atoms with Gasteiger partial charge in [-0.05, 0) is 6.07 Å². The van der Waals surface area contributed by atoms with Crippen molar-refractivity contribution in [1.29, 1.82) is 0 Å². The number of alkyl halides is 3. The number of nitrogens with two attached hydrogens (primary N) is 1. The van der Waals surface area contributed by atoms with Crippen LogP contribution in [0.25, 0.3) is 16.2 Å². The molecule has 1 unspecified atom stereocenters. The van der Waals surface area contributed by atoms with Crippen molar-refractivity contribution in [3.05, 3.63) is 24.0 Å². The Bertz CT molecular complexity index is 1050. The Hall–Kier alpha value is -2.44. The smallest absolute Gasteiger partial charge is 0.383 e. The van der Waals surface area contributed by atoms with Gasteiger partial charge in [-0.25, -0.2) is 14.5 Å². The Kier molecular flexibility index (Phi) is 4.37. The van der Waals surface area contributed by atoms with E-state index in [-0.39, 0.29) is 5.56 Å². The Morgan fingerprint density at radius 3 is 2.86 bits per heavy atom. The highest BCUT2D eigenvalue weighted by Crippen LogP contribution is 2.36.